The van der Waals surface area contributed by atoms with Crippen LogP contribution in [0.2, 0.25) is 0 Å². The Hall–Kier alpha value is 1.53. The summed E-state index contributed by atoms with van der Waals surface area (Å²) in [5, 5.41) is 0. The van der Waals surface area contributed by atoms with Crippen molar-refractivity contribution in [2.75, 3.05) is 0 Å². The van der Waals surface area contributed by atoms with Gasteiger partial charge in [-0.3, -0.25) is 0 Å². The van der Waals surface area contributed by atoms with Crippen molar-refractivity contribution in [2.45, 2.75) is 15.3 Å². The number of hydrogen-bond donors (Lipinski definition) is 0. The topological polar surface area (TPSA) is 0 Å². The van der Waals surface area contributed by atoms with Crippen LogP contribution in [0.4, 0.5) is 0 Å². The van der Waals surface area contributed by atoms with E-state index >= 15 is 0 Å². The molecular formula is C3H6ISn. The first-order valence-electron chi connectivity index (χ1n) is 1.62. The van der Waals surface area contributed by atoms with Crippen molar-refractivity contribution in [2.24, 2.45) is 0 Å². The maximum absolute atomic E-state index is 2.45. The fraction of sp³-hybridized carbons (Fsp3) is 1.00. The molecule has 0 bridgehead atoms. The fourth-order valence-electron chi connectivity index (χ4n) is 0. The maximum atomic E-state index is 2.45. The zero-order chi connectivity index (χ0) is 4.28. The summed E-state index contributed by atoms with van der Waals surface area (Å²) in [6.07, 6.45) is 1.33. The first-order valence-corrected chi connectivity index (χ1v) is 4.52. The van der Waals surface area contributed by atoms with Gasteiger partial charge in [0.05, 0.1) is 0 Å². The summed E-state index contributed by atoms with van der Waals surface area (Å²) < 4.78 is 0.944. The fourth-order valence-corrected chi connectivity index (χ4v) is 0. The van der Waals surface area contributed by atoms with Crippen LogP contribution in [0.15, 0.2) is 0 Å². The van der Waals surface area contributed by atoms with Crippen LogP contribution in [0.25, 0.3) is 0 Å². The van der Waals surface area contributed by atoms with E-state index in [0.29, 0.717) is 0 Å². The average molecular weight is 174 g/mol. The van der Waals surface area contributed by atoms with Gasteiger partial charge in [0, 0.05) is 0 Å². The van der Waals surface area contributed by atoms with Crippen molar-refractivity contribution in [3.63, 3.8) is 0 Å². The molecule has 0 heterocycles. The first kappa shape index (κ1) is 6.53. The van der Waals surface area contributed by atoms with Crippen molar-refractivity contribution in [1.29, 1.82) is 0 Å². The quantitative estimate of drug-likeness (QED) is 0.319. The Morgan fingerprint density at radius 1 is 2.00 bits per heavy atom. The van der Waals surface area contributed by atoms with Crippen LogP contribution in [-0.2, 0) is 0 Å². The Balaban J connectivity index is 2.54. The van der Waals surface area contributed by atoms with Gasteiger partial charge in [-0.2, -0.15) is 0 Å². The van der Waals surface area contributed by atoms with E-state index in [1.54, 1.807) is 22.5 Å². The Morgan fingerprint density at radius 2 is 2.20 bits per heavy atom. The van der Waals surface area contributed by atoms with Crippen LogP contribution < -0.4 is 0 Å². The molecule has 0 aromatic heterocycles. The van der Waals surface area contributed by atoms with Gasteiger partial charge in [0.1, 0.15) is 0 Å². The first-order chi connectivity index (χ1) is 2.27. The molecule has 5 heavy (non-hydrogen) atoms. The van der Waals surface area contributed by atoms with Gasteiger partial charge in [-0.05, 0) is 0 Å². The third-order valence-corrected chi connectivity index (χ3v) is 2.40. The zero-order valence-corrected chi connectivity index (χ0v) is 8.17. The molecule has 0 aromatic carbocycles. The standard InChI is InChI=1S/C3H6I.Sn/c1-2-3-4;/h3H,2H2,1H3;/i;1+39. The van der Waals surface area contributed by atoms with Gasteiger partial charge in [0.25, 0.3) is 0 Å². The molecule has 2 heteroatoms. The molecule has 0 nitrogen and oxygen atoms in total. The van der Waals surface area contributed by atoms with E-state index in [2.05, 4.69) is 29.5 Å². The van der Waals surface area contributed by atoms with Crippen LogP contribution in [0, 0.1) is 0 Å². The summed E-state index contributed by atoms with van der Waals surface area (Å²) in [5.41, 5.74) is 0. The molecule has 0 aliphatic rings. The third kappa shape index (κ3) is 5.53. The molecule has 0 spiro atoms. The van der Waals surface area contributed by atoms with Gasteiger partial charge in [0.2, 0.25) is 0 Å². The minimum atomic E-state index is 0.944. The average Bonchev–Trinajstić information content (AvgIpc) is 1.38. The number of rotatable bonds is 1. The van der Waals surface area contributed by atoms with Crippen LogP contribution in [-0.4, -0.2) is 24.5 Å². The van der Waals surface area contributed by atoms with Gasteiger partial charge in [-0.1, -0.05) is 0 Å². The summed E-state index contributed by atoms with van der Waals surface area (Å²) in [7, 11) is 0. The number of alkyl halides is 1. The summed E-state index contributed by atoms with van der Waals surface area (Å²) in [4.78, 5) is 0. The van der Waals surface area contributed by atoms with Crippen molar-refractivity contribution < 1.29 is 0 Å². The van der Waals surface area contributed by atoms with E-state index < -0.39 is 0 Å². The van der Waals surface area contributed by atoms with Gasteiger partial charge in [-0.25, -0.2) is 0 Å². The second-order valence-corrected chi connectivity index (χ2v) is 7.72. The molecule has 0 N–H and O–H groups in total. The molecule has 1 unspecified atom stereocenters. The second-order valence-electron chi connectivity index (χ2n) is 0.876. The molecule has 0 aliphatic carbocycles. The van der Waals surface area contributed by atoms with Crippen molar-refractivity contribution >= 4 is 45.1 Å². The molecular weight excluding hydrogens is 168 g/mol. The molecule has 0 rings (SSSR count). The van der Waals surface area contributed by atoms with Crippen molar-refractivity contribution in [1.82, 2.24) is 0 Å². The minimum absolute atomic E-state index is 0.944. The van der Waals surface area contributed by atoms with Crippen LogP contribution in [0.1, 0.15) is 13.3 Å². The second kappa shape index (κ2) is 3.71. The Bertz CT molecular complexity index is 20.9. The zero-order valence-electron chi connectivity index (χ0n) is 3.16. The number of hydrogen-bond acceptors (Lipinski definition) is 0. The Kier molecular flexibility index (Phi) is 4.84. The van der Waals surface area contributed by atoms with Crippen LogP contribution in [0.3, 0.4) is 0 Å². The molecule has 3 radical (unpaired) electrons. The molecule has 1 atom stereocenters. The Labute approximate surface area is 59.9 Å². The molecule has 0 aliphatic heterocycles. The molecule has 29 valence electrons. The van der Waals surface area contributed by atoms with Crippen molar-refractivity contribution in [3.05, 3.63) is 0 Å². The van der Waals surface area contributed by atoms with E-state index in [1.165, 1.54) is 6.42 Å². The summed E-state index contributed by atoms with van der Waals surface area (Å²) in [6, 6.07) is 0. The van der Waals surface area contributed by atoms with Crippen molar-refractivity contribution in [3.8, 4) is 0 Å². The van der Waals surface area contributed by atoms with E-state index in [1.807, 2.05) is 0 Å². The normalized spacial score (nSPS) is 15.0. The molecule has 0 amide bonds. The van der Waals surface area contributed by atoms with Crippen LogP contribution in [0.5, 0.6) is 0 Å². The number of halogens is 1. The van der Waals surface area contributed by atoms with E-state index in [-0.39, 0.29) is 0 Å². The van der Waals surface area contributed by atoms with Crippen LogP contribution >= 0.6 is 22.6 Å². The van der Waals surface area contributed by atoms with E-state index in [4.69, 9.17) is 0 Å². The van der Waals surface area contributed by atoms with E-state index in [9.17, 15) is 0 Å². The molecule has 0 saturated carbocycles. The Morgan fingerprint density at radius 3 is 2.20 bits per heavy atom. The van der Waals surface area contributed by atoms with Gasteiger partial charge in [-0.15, -0.1) is 0 Å². The summed E-state index contributed by atoms with van der Waals surface area (Å²) in [6.45, 7) is 2.21. The molecule has 0 aromatic rings. The molecule has 0 fully saturated rings. The summed E-state index contributed by atoms with van der Waals surface area (Å²) in [5.74, 6) is 0. The molecule has 0 saturated heterocycles. The monoisotopic (exact) mass is 174 g/mol. The third-order valence-electron chi connectivity index (χ3n) is 0.358. The van der Waals surface area contributed by atoms with Gasteiger partial charge in [0.15, 0.2) is 0 Å². The van der Waals surface area contributed by atoms with E-state index in [0.717, 1.165) is 1.94 Å². The summed E-state index contributed by atoms with van der Waals surface area (Å²) >= 11 is 4.10. The SMILES string of the molecule is CC[CH]([5Sn])I. The predicted molar refractivity (Wildman–Crippen MR) is 33.9 cm³/mol. The predicted octanol–water partition coefficient (Wildman–Crippen LogP) is 1.33. The van der Waals surface area contributed by atoms with Gasteiger partial charge < -0.3 is 0 Å². The van der Waals surface area contributed by atoms with Gasteiger partial charge >= 0.3 is 60.4 Å².